The number of thioether (sulfide) groups is 1. The van der Waals surface area contributed by atoms with Gasteiger partial charge in [-0.3, -0.25) is 0 Å². The molecule has 0 N–H and O–H groups in total. The Hall–Kier alpha value is 1.26. The minimum atomic E-state index is -3.96. The van der Waals surface area contributed by atoms with Gasteiger partial charge < -0.3 is 4.55 Å². The summed E-state index contributed by atoms with van der Waals surface area (Å²) < 4.78 is 29.5. The molecule has 0 heterocycles. The summed E-state index contributed by atoms with van der Waals surface area (Å²) in [5.41, 5.74) is 0. The van der Waals surface area contributed by atoms with E-state index in [9.17, 15) is 13.0 Å². The van der Waals surface area contributed by atoms with Gasteiger partial charge in [0.15, 0.2) is 0 Å². The van der Waals surface area contributed by atoms with E-state index in [1.807, 2.05) is 0 Å². The molecule has 0 radical (unpaired) electrons. The van der Waals surface area contributed by atoms with Gasteiger partial charge in [-0.1, -0.05) is 0 Å². The molecule has 0 aliphatic rings. The van der Waals surface area contributed by atoms with Crippen LogP contribution in [0, 0.1) is 0 Å². The summed E-state index contributed by atoms with van der Waals surface area (Å²) in [6.07, 6.45) is 1.76. The summed E-state index contributed by atoms with van der Waals surface area (Å²) in [4.78, 5) is 0. The van der Waals surface area contributed by atoms with Crippen LogP contribution in [0.25, 0.3) is 0 Å². The zero-order chi connectivity index (χ0) is 6.62. The third-order valence-electron chi connectivity index (χ3n) is 0.537. The molecular weight excluding hydrogens is 171 g/mol. The first-order valence-electron chi connectivity index (χ1n) is 1.99. The Bertz CT molecular complexity index is 141. The second-order valence-corrected chi connectivity index (χ2v) is 3.76. The second kappa shape index (κ2) is 6.00. The van der Waals surface area contributed by atoms with Crippen molar-refractivity contribution in [3.05, 3.63) is 0 Å². The molecule has 0 aliphatic heterocycles. The van der Waals surface area contributed by atoms with Crippen LogP contribution >= 0.6 is 11.8 Å². The van der Waals surface area contributed by atoms with E-state index in [2.05, 4.69) is 0 Å². The van der Waals surface area contributed by atoms with Gasteiger partial charge in [0.2, 0.25) is 0 Å². The van der Waals surface area contributed by atoms with Crippen molar-refractivity contribution < 1.29 is 42.5 Å². The minimum Gasteiger partial charge on any atom is -0.748 e. The van der Waals surface area contributed by atoms with Crippen LogP contribution in [0.2, 0.25) is 0 Å². The predicted molar refractivity (Wildman–Crippen MR) is 32.9 cm³/mol. The van der Waals surface area contributed by atoms with Gasteiger partial charge in [-0.05, 0) is 6.26 Å². The summed E-state index contributed by atoms with van der Waals surface area (Å²) in [5.74, 6) is 0.139. The standard InChI is InChI=1S/C3H8O3S2.Na/c1-7-2-3-8(4,5)6;/h2-3H2,1H3,(H,4,5,6);/q;+1/p-1. The monoisotopic (exact) mass is 178 g/mol. The van der Waals surface area contributed by atoms with Gasteiger partial charge in [-0.2, -0.15) is 11.8 Å². The van der Waals surface area contributed by atoms with E-state index in [1.54, 1.807) is 6.26 Å². The molecule has 0 aromatic rings. The van der Waals surface area contributed by atoms with Crippen LogP contribution in [0.1, 0.15) is 0 Å². The van der Waals surface area contributed by atoms with Crippen LogP contribution in [0.3, 0.4) is 0 Å². The molecule has 0 saturated carbocycles. The van der Waals surface area contributed by atoms with Crippen molar-refractivity contribution in [1.29, 1.82) is 0 Å². The molecule has 0 aromatic carbocycles. The van der Waals surface area contributed by atoms with Crippen molar-refractivity contribution in [2.45, 2.75) is 0 Å². The Morgan fingerprint density at radius 1 is 1.56 bits per heavy atom. The minimum absolute atomic E-state index is 0. The van der Waals surface area contributed by atoms with Crippen LogP contribution in [0.4, 0.5) is 0 Å². The zero-order valence-corrected chi connectivity index (χ0v) is 9.09. The van der Waals surface area contributed by atoms with E-state index in [0.29, 0.717) is 5.75 Å². The number of hydrogen-bond donors (Lipinski definition) is 0. The molecule has 3 nitrogen and oxygen atoms in total. The Balaban J connectivity index is 0. The van der Waals surface area contributed by atoms with Crippen LogP contribution in [0.15, 0.2) is 0 Å². The van der Waals surface area contributed by atoms with Gasteiger partial charge in [0.1, 0.15) is 0 Å². The third kappa shape index (κ3) is 12.5. The van der Waals surface area contributed by atoms with Gasteiger partial charge in [0, 0.05) is 11.5 Å². The van der Waals surface area contributed by atoms with Crippen LogP contribution in [-0.2, 0) is 10.1 Å². The van der Waals surface area contributed by atoms with Gasteiger partial charge in [-0.15, -0.1) is 0 Å². The van der Waals surface area contributed by atoms with Crippen LogP contribution < -0.4 is 29.6 Å². The molecule has 0 unspecified atom stereocenters. The average molecular weight is 178 g/mol. The fourth-order valence-electron chi connectivity index (χ4n) is 0.185. The molecule has 50 valence electrons. The first kappa shape index (κ1) is 12.9. The Morgan fingerprint density at radius 2 is 2.00 bits per heavy atom. The largest absolute Gasteiger partial charge is 1.00 e. The Labute approximate surface area is 81.6 Å². The molecule has 0 bridgehead atoms. The van der Waals surface area contributed by atoms with Crippen molar-refractivity contribution in [2.75, 3.05) is 17.8 Å². The summed E-state index contributed by atoms with van der Waals surface area (Å²) >= 11 is 1.35. The summed E-state index contributed by atoms with van der Waals surface area (Å²) in [7, 11) is -3.96. The first-order valence-corrected chi connectivity index (χ1v) is 4.96. The van der Waals surface area contributed by atoms with E-state index in [-0.39, 0.29) is 35.3 Å². The van der Waals surface area contributed by atoms with E-state index in [1.165, 1.54) is 11.8 Å². The van der Waals surface area contributed by atoms with Gasteiger partial charge >= 0.3 is 29.6 Å². The van der Waals surface area contributed by atoms with Crippen LogP contribution in [0.5, 0.6) is 0 Å². The Kier molecular flexibility index (Phi) is 8.60. The van der Waals surface area contributed by atoms with Crippen molar-refractivity contribution in [3.8, 4) is 0 Å². The summed E-state index contributed by atoms with van der Waals surface area (Å²) in [6.45, 7) is 0. The Morgan fingerprint density at radius 3 is 2.11 bits per heavy atom. The molecule has 0 fully saturated rings. The molecule has 6 heteroatoms. The van der Waals surface area contributed by atoms with Crippen LogP contribution in [-0.4, -0.2) is 30.7 Å². The molecule has 0 amide bonds. The van der Waals surface area contributed by atoms with Crippen molar-refractivity contribution in [2.24, 2.45) is 0 Å². The van der Waals surface area contributed by atoms with E-state index in [4.69, 9.17) is 0 Å². The summed E-state index contributed by atoms with van der Waals surface area (Å²) in [6, 6.07) is 0. The summed E-state index contributed by atoms with van der Waals surface area (Å²) in [5, 5.41) is 0. The zero-order valence-electron chi connectivity index (χ0n) is 5.46. The van der Waals surface area contributed by atoms with Gasteiger partial charge in [-0.25, -0.2) is 8.42 Å². The first-order chi connectivity index (χ1) is 3.56. The second-order valence-electron chi connectivity index (χ2n) is 1.25. The maximum Gasteiger partial charge on any atom is 1.00 e. The average Bonchev–Trinajstić information content (AvgIpc) is 1.59. The van der Waals surface area contributed by atoms with Crippen molar-refractivity contribution >= 4 is 21.9 Å². The third-order valence-corrected chi connectivity index (χ3v) is 2.11. The molecule has 0 aliphatic carbocycles. The molecule has 0 rings (SSSR count). The number of rotatable bonds is 3. The van der Waals surface area contributed by atoms with E-state index in [0.717, 1.165) is 0 Å². The van der Waals surface area contributed by atoms with E-state index >= 15 is 0 Å². The smallest absolute Gasteiger partial charge is 0.748 e. The molecule has 0 saturated heterocycles. The molecule has 0 aromatic heterocycles. The quantitative estimate of drug-likeness (QED) is 0.339. The SMILES string of the molecule is CSCCS(=O)(=O)[O-].[Na+]. The van der Waals surface area contributed by atoms with Gasteiger partial charge in [0.05, 0.1) is 10.1 Å². The normalized spacial score (nSPS) is 10.4. The predicted octanol–water partition coefficient (Wildman–Crippen LogP) is -3.10. The molecule has 0 atom stereocenters. The van der Waals surface area contributed by atoms with Crippen molar-refractivity contribution in [3.63, 3.8) is 0 Å². The maximum absolute atomic E-state index is 9.82. The van der Waals surface area contributed by atoms with Gasteiger partial charge in [0.25, 0.3) is 0 Å². The topological polar surface area (TPSA) is 57.2 Å². The van der Waals surface area contributed by atoms with Crippen molar-refractivity contribution in [1.82, 2.24) is 0 Å². The molecule has 9 heavy (non-hydrogen) atoms. The maximum atomic E-state index is 9.82. The fraction of sp³-hybridized carbons (Fsp3) is 1.00. The van der Waals surface area contributed by atoms with E-state index < -0.39 is 10.1 Å². The molecular formula is C3H7NaO3S2. The fourth-order valence-corrected chi connectivity index (χ4v) is 1.67. The molecule has 0 spiro atoms. The number of hydrogen-bond acceptors (Lipinski definition) is 4.